The summed E-state index contributed by atoms with van der Waals surface area (Å²) in [5.41, 5.74) is 18.6. The van der Waals surface area contributed by atoms with E-state index in [9.17, 15) is 0 Å². The molecule has 11 rings (SSSR count). The van der Waals surface area contributed by atoms with Crippen LogP contribution in [0, 0.1) is 0 Å². The average Bonchev–Trinajstić information content (AvgIpc) is 3.57. The maximum Gasteiger partial charge on any atom is 0.145 e. The number of anilines is 3. The molecular formula is C53H37N3. The molecule has 3 aliphatic rings. The van der Waals surface area contributed by atoms with Gasteiger partial charge in [0.25, 0.3) is 0 Å². The van der Waals surface area contributed by atoms with E-state index in [1.807, 2.05) is 6.07 Å². The monoisotopic (exact) mass is 715 g/mol. The molecule has 8 aromatic carbocycles. The van der Waals surface area contributed by atoms with E-state index < -0.39 is 5.41 Å². The van der Waals surface area contributed by atoms with E-state index >= 15 is 0 Å². The Kier molecular flexibility index (Phi) is 7.46. The van der Waals surface area contributed by atoms with Crippen molar-refractivity contribution in [1.29, 1.82) is 0 Å². The number of hydrogen-bond acceptors (Lipinski definition) is 3. The molecule has 1 unspecified atom stereocenters. The molecule has 0 bridgehead atoms. The molecule has 1 atom stereocenters. The van der Waals surface area contributed by atoms with E-state index in [4.69, 9.17) is 4.99 Å². The summed E-state index contributed by atoms with van der Waals surface area (Å²) in [6.07, 6.45) is 1.94. The summed E-state index contributed by atoms with van der Waals surface area (Å²) in [6, 6.07) is 74.8. The van der Waals surface area contributed by atoms with Crippen LogP contribution >= 0.6 is 0 Å². The summed E-state index contributed by atoms with van der Waals surface area (Å²) in [5, 5.41) is 3.73. The highest BCUT2D eigenvalue weighted by Crippen LogP contribution is 2.63. The molecule has 8 aromatic rings. The highest BCUT2D eigenvalue weighted by Gasteiger charge is 2.51. The van der Waals surface area contributed by atoms with Crippen LogP contribution in [0.25, 0.3) is 28.0 Å². The third kappa shape index (κ3) is 4.94. The third-order valence-corrected chi connectivity index (χ3v) is 11.7. The molecule has 1 spiro atoms. The van der Waals surface area contributed by atoms with Crippen LogP contribution in [0.15, 0.2) is 217 Å². The third-order valence-electron chi connectivity index (χ3n) is 11.7. The molecule has 0 aromatic heterocycles. The number of fused-ring (bicyclic) bond motifs is 9. The van der Waals surface area contributed by atoms with Crippen molar-refractivity contribution in [2.45, 2.75) is 11.6 Å². The van der Waals surface area contributed by atoms with Crippen molar-refractivity contribution < 1.29 is 0 Å². The number of para-hydroxylation sites is 3. The summed E-state index contributed by atoms with van der Waals surface area (Å²) >= 11 is 0. The van der Waals surface area contributed by atoms with Gasteiger partial charge in [0.1, 0.15) is 6.17 Å². The normalized spacial score (nSPS) is 15.8. The molecule has 2 aliphatic heterocycles. The fourth-order valence-electron chi connectivity index (χ4n) is 9.24. The first-order valence-corrected chi connectivity index (χ1v) is 19.3. The Balaban J connectivity index is 1.04. The Bertz CT molecular complexity index is 2770. The minimum absolute atomic E-state index is 0.222. The lowest BCUT2D eigenvalue weighted by molar-refractivity contribution is 0.664. The van der Waals surface area contributed by atoms with Crippen LogP contribution in [0.2, 0.25) is 0 Å². The van der Waals surface area contributed by atoms with E-state index in [2.05, 4.69) is 216 Å². The first-order valence-electron chi connectivity index (χ1n) is 19.3. The number of nitrogens with zero attached hydrogens (tertiary/aromatic N) is 2. The van der Waals surface area contributed by atoms with Crippen molar-refractivity contribution in [2.24, 2.45) is 4.99 Å². The number of nitrogens with one attached hydrogen (secondary N) is 1. The van der Waals surface area contributed by atoms with E-state index in [1.54, 1.807) is 0 Å². The quantitative estimate of drug-likeness (QED) is 0.192. The summed E-state index contributed by atoms with van der Waals surface area (Å²) in [5.74, 6) is 0. The number of benzene rings is 8. The smallest absolute Gasteiger partial charge is 0.145 e. The predicted octanol–water partition coefficient (Wildman–Crippen LogP) is 12.6. The molecule has 3 heteroatoms. The maximum atomic E-state index is 5.22. The standard InChI is InChI=1S/C53H37N3/c1-4-16-37(17-5-1)48-35-49(38-18-6-2-7-19-38)55-52(54-48)39-30-28-36(29-31-39)40-32-33-43-42-22-10-11-23-44(42)53(47(43)34-40)45-24-12-14-26-50(45)56(41-20-8-3-9-21-41)51-27-15-13-25-46(51)53/h1-35,52,54H. The Morgan fingerprint density at radius 2 is 0.964 bits per heavy atom. The van der Waals surface area contributed by atoms with Gasteiger partial charge in [0.2, 0.25) is 0 Å². The van der Waals surface area contributed by atoms with E-state index in [-0.39, 0.29) is 6.17 Å². The molecular weight excluding hydrogens is 679 g/mol. The molecule has 3 nitrogen and oxygen atoms in total. The minimum atomic E-state index is -0.491. The summed E-state index contributed by atoms with van der Waals surface area (Å²) in [6.45, 7) is 0. The molecule has 264 valence electrons. The summed E-state index contributed by atoms with van der Waals surface area (Å²) in [4.78, 5) is 7.66. The van der Waals surface area contributed by atoms with Crippen LogP contribution in [0.3, 0.4) is 0 Å². The zero-order valence-electron chi connectivity index (χ0n) is 30.7. The lowest BCUT2D eigenvalue weighted by Crippen LogP contribution is -2.36. The Morgan fingerprint density at radius 1 is 0.429 bits per heavy atom. The molecule has 0 radical (unpaired) electrons. The molecule has 1 N–H and O–H groups in total. The van der Waals surface area contributed by atoms with Gasteiger partial charge in [0.15, 0.2) is 0 Å². The summed E-state index contributed by atoms with van der Waals surface area (Å²) in [7, 11) is 0. The van der Waals surface area contributed by atoms with Crippen molar-refractivity contribution in [3.8, 4) is 22.3 Å². The van der Waals surface area contributed by atoms with Crippen LogP contribution in [-0.2, 0) is 5.41 Å². The van der Waals surface area contributed by atoms with Crippen LogP contribution < -0.4 is 10.2 Å². The predicted molar refractivity (Wildman–Crippen MR) is 231 cm³/mol. The van der Waals surface area contributed by atoms with Crippen LogP contribution in [0.1, 0.15) is 45.1 Å². The van der Waals surface area contributed by atoms with Gasteiger partial charge in [0, 0.05) is 11.4 Å². The Morgan fingerprint density at radius 3 is 1.64 bits per heavy atom. The molecule has 0 saturated heterocycles. The average molecular weight is 716 g/mol. The molecule has 0 amide bonds. The van der Waals surface area contributed by atoms with E-state index in [0.717, 1.165) is 33.8 Å². The number of allylic oxidation sites excluding steroid dienone is 1. The van der Waals surface area contributed by atoms with Crippen molar-refractivity contribution >= 4 is 28.5 Å². The molecule has 0 fully saturated rings. The van der Waals surface area contributed by atoms with Crippen LogP contribution in [0.5, 0.6) is 0 Å². The van der Waals surface area contributed by atoms with Gasteiger partial charge in [-0.2, -0.15) is 0 Å². The highest BCUT2D eigenvalue weighted by atomic mass is 15.2. The van der Waals surface area contributed by atoms with Crippen LogP contribution in [-0.4, -0.2) is 5.71 Å². The fourth-order valence-corrected chi connectivity index (χ4v) is 9.24. The van der Waals surface area contributed by atoms with Gasteiger partial charge in [-0.3, -0.25) is 4.99 Å². The van der Waals surface area contributed by atoms with Crippen molar-refractivity contribution in [3.63, 3.8) is 0 Å². The number of hydrogen-bond donors (Lipinski definition) is 1. The largest absolute Gasteiger partial charge is 0.360 e. The molecule has 0 saturated carbocycles. The van der Waals surface area contributed by atoms with Gasteiger partial charge in [-0.15, -0.1) is 0 Å². The second kappa shape index (κ2) is 13.0. The zero-order valence-corrected chi connectivity index (χ0v) is 30.7. The first-order chi connectivity index (χ1) is 27.8. The van der Waals surface area contributed by atoms with Gasteiger partial charge < -0.3 is 10.2 Å². The van der Waals surface area contributed by atoms with Gasteiger partial charge >= 0.3 is 0 Å². The molecule has 56 heavy (non-hydrogen) atoms. The molecule has 1 aliphatic carbocycles. The van der Waals surface area contributed by atoms with E-state index in [0.29, 0.717) is 0 Å². The highest BCUT2D eigenvalue weighted by molar-refractivity contribution is 6.13. The number of aliphatic imine (C=N–C) groups is 1. The summed E-state index contributed by atoms with van der Waals surface area (Å²) < 4.78 is 0. The fraction of sp³-hybridized carbons (Fsp3) is 0.0377. The topological polar surface area (TPSA) is 27.6 Å². The second-order valence-electron chi connectivity index (χ2n) is 14.7. The Hall–Kier alpha value is -7.23. The lowest BCUT2D eigenvalue weighted by Gasteiger charge is -2.45. The Labute approximate surface area is 327 Å². The minimum Gasteiger partial charge on any atom is -0.360 e. The molecule has 2 heterocycles. The van der Waals surface area contributed by atoms with Gasteiger partial charge in [-0.05, 0) is 97.6 Å². The van der Waals surface area contributed by atoms with Gasteiger partial charge in [-0.25, -0.2) is 0 Å². The van der Waals surface area contributed by atoms with Gasteiger partial charge in [-0.1, -0.05) is 176 Å². The van der Waals surface area contributed by atoms with Gasteiger partial charge in [0.05, 0.1) is 22.5 Å². The lowest BCUT2D eigenvalue weighted by atomic mass is 9.64. The second-order valence-corrected chi connectivity index (χ2v) is 14.7. The number of rotatable bonds is 5. The SMILES string of the molecule is C1=C(c2ccccc2)NC(c2ccc(-c3ccc4c(c3)C3(c5ccccc5-4)c4ccccc4N(c4ccccc4)c4ccccc43)cc2)N=C1c1ccccc1. The van der Waals surface area contributed by atoms with Crippen molar-refractivity contribution in [1.82, 2.24) is 5.32 Å². The maximum absolute atomic E-state index is 5.22. The van der Waals surface area contributed by atoms with E-state index in [1.165, 1.54) is 55.9 Å². The van der Waals surface area contributed by atoms with Crippen molar-refractivity contribution in [2.75, 3.05) is 4.90 Å². The zero-order chi connectivity index (χ0) is 37.1. The van der Waals surface area contributed by atoms with Crippen molar-refractivity contribution in [3.05, 3.63) is 251 Å². The first kappa shape index (κ1) is 32.2. The van der Waals surface area contributed by atoms with Crippen LogP contribution in [0.4, 0.5) is 17.1 Å².